The van der Waals surface area contributed by atoms with Crippen LogP contribution in [-0.2, 0) is 5.41 Å². The maximum atomic E-state index is 9.44. The van der Waals surface area contributed by atoms with E-state index in [2.05, 4.69) is 105 Å². The van der Waals surface area contributed by atoms with Gasteiger partial charge in [0.15, 0.2) is 0 Å². The van der Waals surface area contributed by atoms with Crippen LogP contribution < -0.4 is 0 Å². The molecule has 0 amide bonds. The molecule has 0 unspecified atom stereocenters. The first kappa shape index (κ1) is 48.2. The molecule has 19 aromatic rings. The molecule has 17 aromatic carbocycles. The predicted octanol–water partition coefficient (Wildman–Crippen LogP) is 31.2. The van der Waals surface area contributed by atoms with Gasteiger partial charge in [-0.1, -0.05) is 377 Å². The van der Waals surface area contributed by atoms with Gasteiger partial charge in [-0.15, -0.1) is 0 Å². The van der Waals surface area contributed by atoms with Gasteiger partial charge in [0.2, 0.25) is 0 Å². The third-order valence-electron chi connectivity index (χ3n) is 20.2. The molecule has 0 saturated carbocycles. The largest absolute Gasteiger partial charge is 0.455 e. The van der Waals surface area contributed by atoms with Gasteiger partial charge in [-0.2, -0.15) is 0 Å². The highest BCUT2D eigenvalue weighted by Crippen LogP contribution is 2.52. The van der Waals surface area contributed by atoms with Gasteiger partial charge in [-0.05, 0) is 156 Å². The molecular weight excluding hydrogens is 1250 g/mol. The molecule has 0 radical (unpaired) electrons. The van der Waals surface area contributed by atoms with Crippen molar-refractivity contribution in [3.63, 3.8) is 0 Å². The van der Waals surface area contributed by atoms with Gasteiger partial charge in [-0.3, -0.25) is 0 Å². The van der Waals surface area contributed by atoms with Crippen molar-refractivity contribution in [2.75, 3.05) is 0 Å². The maximum Gasteiger partial charge on any atom is 0.143 e. The lowest BCUT2D eigenvalue weighted by Crippen LogP contribution is -2.14. The molecule has 0 N–H and O–H groups in total. The van der Waals surface area contributed by atoms with E-state index in [-0.39, 0.29) is 80.7 Å². The summed E-state index contributed by atoms with van der Waals surface area (Å²) in [5.41, 5.74) is 21.5. The highest BCUT2D eigenvalue weighted by Gasteiger charge is 2.35. The molecule has 0 bridgehead atoms. The van der Waals surface area contributed by atoms with Crippen LogP contribution in [0.3, 0.4) is 0 Å². The van der Waals surface area contributed by atoms with Crippen LogP contribution in [0.1, 0.15) is 87.3 Å². The lowest BCUT2D eigenvalue weighted by atomic mass is 9.82. The molecule has 2 heterocycles. The molecule has 0 aliphatic heterocycles. The summed E-state index contributed by atoms with van der Waals surface area (Å²) in [6.45, 7) is 4.61. The number of rotatable bonds is 8. The molecule has 20 rings (SSSR count). The molecule has 1 aliphatic rings. The molecule has 506 valence electrons. The summed E-state index contributed by atoms with van der Waals surface area (Å²) in [4.78, 5) is 0. The van der Waals surface area contributed by atoms with Crippen molar-refractivity contribution in [3.05, 3.63) is 363 Å². The lowest BCUT2D eigenvalue weighted by molar-refractivity contribution is 0.660. The first-order valence-electron chi connectivity index (χ1n) is 45.9. The predicted molar refractivity (Wildman–Crippen MR) is 456 cm³/mol. The fraction of sp³-hybridized carbons (Fsp3) is 0.0693. The number of para-hydroxylation sites is 3. The molecule has 0 spiro atoms. The SMILES string of the molecule is C.C.[2H]C.[2H]C.[2H][2H].[2H][2H].[2H][2H].[2H][2H].[2H][2H].[2H]c1ccc(-c2cccc3c2oc2c(-c4cc([2H])c(-c5c6cc([2H])c([2H])cc6c(-c6ccccc6)c6cc([2H])c([2H])cc56)cc4[2H])cccc23)cc1.[2H]c1ccc2c(-c3ccc(-c4ccc(-c5ccc6c(c5)-c5ccccc5C6(C)C)c5oc6ccccc6c45)cc3)c3c([2H])c([2H])ccc3c(-c3ccccc3)c2c1[2H]. The normalized spacial score (nSPS) is 14.0. The molecule has 2 heteroatoms. The Balaban J connectivity index is 0.000000229. The topological polar surface area (TPSA) is 26.3 Å². The summed E-state index contributed by atoms with van der Waals surface area (Å²) >= 11 is 0. The third-order valence-corrected chi connectivity index (χ3v) is 20.2. The lowest BCUT2D eigenvalue weighted by Gasteiger charge is -2.21. The van der Waals surface area contributed by atoms with Crippen LogP contribution in [0.25, 0.3) is 187 Å². The Kier molecular flexibility index (Phi) is 12.5. The van der Waals surface area contributed by atoms with E-state index in [9.17, 15) is 4.11 Å². The van der Waals surface area contributed by atoms with Crippen LogP contribution in [0.15, 0.2) is 360 Å². The van der Waals surface area contributed by atoms with E-state index in [1.54, 1.807) is 60.7 Å². The van der Waals surface area contributed by atoms with Crippen molar-refractivity contribution < 1.29 is 41.5 Å². The van der Waals surface area contributed by atoms with E-state index in [0.717, 1.165) is 110 Å². The Morgan fingerprint density at radius 2 is 0.670 bits per heavy atom. The minimum Gasteiger partial charge on any atom is -0.455 e. The smallest absolute Gasteiger partial charge is 0.143 e. The zero-order valence-corrected chi connectivity index (χ0v) is 56.0. The fourth-order valence-electron chi connectivity index (χ4n) is 15.7. The maximum absolute atomic E-state index is 9.44. The van der Waals surface area contributed by atoms with Crippen LogP contribution in [0.4, 0.5) is 0 Å². The van der Waals surface area contributed by atoms with E-state index in [4.69, 9.17) is 37.4 Å². The summed E-state index contributed by atoms with van der Waals surface area (Å²) in [7, 11) is 2.50. The van der Waals surface area contributed by atoms with Crippen molar-refractivity contribution in [1.29, 1.82) is 0 Å². The average molecular weight is 1360 g/mol. The Labute approximate surface area is 637 Å². The quantitative estimate of drug-likeness (QED) is 0.142. The van der Waals surface area contributed by atoms with E-state index >= 15 is 0 Å². The number of hydrogen-bond acceptors (Lipinski definition) is 2. The summed E-state index contributed by atoms with van der Waals surface area (Å²) in [6, 6.07) is 93.8. The zero-order valence-electron chi connectivity index (χ0n) is 79.0. The minimum atomic E-state index is -0.0720. The van der Waals surface area contributed by atoms with Crippen LogP contribution in [0, 0.1) is 0 Å². The van der Waals surface area contributed by atoms with Crippen molar-refractivity contribution >= 4 is 87.0 Å². The van der Waals surface area contributed by atoms with Gasteiger partial charge in [0.1, 0.15) is 22.3 Å². The monoisotopic (exact) mass is 1360 g/mol. The summed E-state index contributed by atoms with van der Waals surface area (Å²) < 4.78 is 172. The number of furan rings is 2. The van der Waals surface area contributed by atoms with Crippen LogP contribution in [0.2, 0.25) is 0 Å². The molecule has 2 aromatic heterocycles. The minimum absolute atomic E-state index is 0. The molecule has 2 nitrogen and oxygen atoms in total. The number of benzene rings is 17. The third kappa shape index (κ3) is 10.8. The average Bonchev–Trinajstić information content (AvgIpc) is 0.874. The van der Waals surface area contributed by atoms with Gasteiger partial charge >= 0.3 is 0 Å². The van der Waals surface area contributed by atoms with Gasteiger partial charge in [0.25, 0.3) is 0 Å². The Bertz CT molecular complexity index is 7070. The summed E-state index contributed by atoms with van der Waals surface area (Å²) in [5, 5.41) is 9.49. The van der Waals surface area contributed by atoms with E-state index in [1.807, 2.05) is 133 Å². The molecule has 1 aliphatic carbocycles. The second kappa shape index (κ2) is 26.8. The molecule has 0 saturated heterocycles. The van der Waals surface area contributed by atoms with Crippen molar-refractivity contribution in [2.45, 2.75) is 48.9 Å². The van der Waals surface area contributed by atoms with E-state index in [1.165, 1.54) is 37.1 Å². The molecule has 103 heavy (non-hydrogen) atoms. The Morgan fingerprint density at radius 3 is 1.29 bits per heavy atom. The Morgan fingerprint density at radius 1 is 0.262 bits per heavy atom. The van der Waals surface area contributed by atoms with E-state index < -0.39 is 0 Å². The van der Waals surface area contributed by atoms with E-state index in [0.29, 0.717) is 71.8 Å². The zero-order chi connectivity index (χ0) is 89.3. The second-order valence-electron chi connectivity index (χ2n) is 26.0. The van der Waals surface area contributed by atoms with Crippen LogP contribution >= 0.6 is 0 Å². The summed E-state index contributed by atoms with van der Waals surface area (Å²) in [6.07, 6.45) is 0. The summed E-state index contributed by atoms with van der Waals surface area (Å²) in [5.74, 6) is 0. The Hall–Kier alpha value is -12.6. The molecule has 0 fully saturated rings. The van der Waals surface area contributed by atoms with Gasteiger partial charge in [0, 0.05) is 61.2 Å². The van der Waals surface area contributed by atoms with Crippen molar-refractivity contribution in [3.8, 4) is 100 Å². The van der Waals surface area contributed by atoms with Crippen molar-refractivity contribution in [1.82, 2.24) is 0 Å². The fourth-order valence-corrected chi connectivity index (χ4v) is 15.7. The van der Waals surface area contributed by atoms with Gasteiger partial charge in [0.05, 0.1) is 15.1 Å². The number of hydrogen-bond donors (Lipinski definition) is 0. The standard InChI is InChI=1S/C53H36O.C44H28O.4CH4.5H2/c1-53(2)46-22-12-10-16-39(46)45-32-36(28-31-47(45)53)38-30-29-37(51-44-21-11-13-23-48(44)54-52(38)51)33-24-26-35(27-25-33)50-42-19-8-6-17-40(42)49(34-14-4-3-5-15-34)41-18-7-9-20-43(41)50;1-3-13-29(14-4-1)33-21-11-23-39-40-24-12-22-34(44(40)45-43(33)39)30-25-27-32(28-26-30)42-37-19-9-7-17-35(37)41(31-15-5-2-6-16-31)36-18-8-10-20-38(36)42;;;;;;;;;/h3-32H,1-2H3;1-28H;4*1H4;5*1H/i6D,9D,17D,20D;1D,7D,8D,9D,10D,25D,28D;2*1D;;;5*1+1D. The second-order valence-corrected chi connectivity index (χ2v) is 26.0. The molecule has 0 atom stereocenters. The van der Waals surface area contributed by atoms with Crippen molar-refractivity contribution in [2.24, 2.45) is 0 Å². The first-order valence-corrected chi connectivity index (χ1v) is 33.4. The number of fused-ring (bicyclic) bond motifs is 13. The first-order chi connectivity index (χ1) is 60.4. The van der Waals surface area contributed by atoms with Gasteiger partial charge < -0.3 is 8.83 Å². The van der Waals surface area contributed by atoms with Crippen LogP contribution in [0.5, 0.6) is 0 Å². The van der Waals surface area contributed by atoms with Gasteiger partial charge in [-0.25, -0.2) is 0 Å². The highest BCUT2D eigenvalue weighted by molar-refractivity contribution is 6.24. The highest BCUT2D eigenvalue weighted by atomic mass is 16.3. The van der Waals surface area contributed by atoms with Crippen LogP contribution in [-0.4, -0.2) is 0 Å². The molecular formula is C101H90O2.